The zero-order chi connectivity index (χ0) is 20.6. The Labute approximate surface area is 156 Å². The third-order valence-corrected chi connectivity index (χ3v) is 3.69. The molecule has 0 aliphatic heterocycles. The zero-order valence-electron chi connectivity index (χ0n) is 15.3. The van der Waals surface area contributed by atoms with Crippen LogP contribution in [0.25, 0.3) is 5.70 Å². The van der Waals surface area contributed by atoms with Gasteiger partial charge in [-0.1, -0.05) is 19.9 Å². The number of rotatable bonds is 8. The normalized spacial score (nSPS) is 12.8. The van der Waals surface area contributed by atoms with Crippen LogP contribution >= 0.6 is 0 Å². The van der Waals surface area contributed by atoms with Crippen molar-refractivity contribution in [3.63, 3.8) is 0 Å². The van der Waals surface area contributed by atoms with E-state index in [0.29, 0.717) is 6.42 Å². The molecule has 27 heavy (non-hydrogen) atoms. The molecule has 0 aliphatic rings. The summed E-state index contributed by atoms with van der Waals surface area (Å²) in [6.45, 7) is 5.61. The van der Waals surface area contributed by atoms with Gasteiger partial charge in [-0.2, -0.15) is 18.4 Å². The second-order valence-electron chi connectivity index (χ2n) is 5.68. The van der Waals surface area contributed by atoms with Crippen LogP contribution in [0.3, 0.4) is 0 Å². The highest BCUT2D eigenvalue weighted by Crippen LogP contribution is 2.37. The van der Waals surface area contributed by atoms with Crippen LogP contribution in [0.15, 0.2) is 47.8 Å². The first-order chi connectivity index (χ1) is 12.6. The summed E-state index contributed by atoms with van der Waals surface area (Å²) < 4.78 is 45.4. The van der Waals surface area contributed by atoms with Gasteiger partial charge in [-0.05, 0) is 36.3 Å². The summed E-state index contributed by atoms with van der Waals surface area (Å²) in [6.07, 6.45) is -1.78. The van der Waals surface area contributed by atoms with Crippen LogP contribution in [-0.4, -0.2) is 13.7 Å². The van der Waals surface area contributed by atoms with E-state index in [0.717, 1.165) is 12.5 Å². The first-order valence-corrected chi connectivity index (χ1v) is 8.24. The maximum Gasteiger partial charge on any atom is 0.419 e. The number of nitrogens with zero attached hydrogens (tertiary/aromatic N) is 1. The van der Waals surface area contributed by atoms with E-state index < -0.39 is 11.7 Å². The Hall–Kier alpha value is -3.08. The molecule has 146 valence electrons. The van der Waals surface area contributed by atoms with Gasteiger partial charge in [-0.15, -0.1) is 0 Å². The van der Waals surface area contributed by atoms with Crippen LogP contribution < -0.4 is 21.5 Å². The number of nitriles is 1. The van der Waals surface area contributed by atoms with Gasteiger partial charge >= 0.3 is 6.18 Å². The summed E-state index contributed by atoms with van der Waals surface area (Å²) in [5, 5.41) is 11.6. The van der Waals surface area contributed by atoms with Crippen molar-refractivity contribution in [2.24, 2.45) is 11.5 Å². The standard InChI is InChI=1S/C19H23F3N4O/c1-4-5-8-27-17-7-6-13(9-14(17)19(20,21)22)15(24)10-16(26-3)18(25)12(2)11-23/h6-7,9-10,26H,2,4-5,8,24-25H2,1,3H3/b15-10-,18-16-. The van der Waals surface area contributed by atoms with Crippen LogP contribution in [0.4, 0.5) is 13.2 Å². The van der Waals surface area contributed by atoms with E-state index in [1.165, 1.54) is 18.2 Å². The second-order valence-corrected chi connectivity index (χ2v) is 5.68. The Balaban J connectivity index is 3.33. The molecule has 0 bridgehead atoms. The molecule has 1 rings (SSSR count). The molecule has 0 aliphatic carbocycles. The molecule has 0 heterocycles. The number of ether oxygens (including phenoxy) is 1. The molecule has 5 N–H and O–H groups in total. The van der Waals surface area contributed by atoms with E-state index in [2.05, 4.69) is 11.9 Å². The molecule has 8 heteroatoms. The fourth-order valence-electron chi connectivity index (χ4n) is 2.13. The van der Waals surface area contributed by atoms with E-state index in [9.17, 15) is 13.2 Å². The largest absolute Gasteiger partial charge is 0.493 e. The Morgan fingerprint density at radius 2 is 2.04 bits per heavy atom. The fraction of sp³-hybridized carbons (Fsp3) is 0.316. The SMILES string of the molecule is C=C(C#N)/C(N)=C(\C=C(/N)c1ccc(OCCCC)c(C(F)(F)F)c1)NC. The molecule has 1 aromatic rings. The summed E-state index contributed by atoms with van der Waals surface area (Å²) >= 11 is 0. The quantitative estimate of drug-likeness (QED) is 0.363. The summed E-state index contributed by atoms with van der Waals surface area (Å²) in [6, 6.07) is 5.41. The highest BCUT2D eigenvalue weighted by Gasteiger charge is 2.34. The lowest BCUT2D eigenvalue weighted by Crippen LogP contribution is -2.15. The molecule has 0 saturated carbocycles. The van der Waals surface area contributed by atoms with Gasteiger partial charge < -0.3 is 21.5 Å². The highest BCUT2D eigenvalue weighted by molar-refractivity contribution is 5.68. The Morgan fingerprint density at radius 1 is 1.37 bits per heavy atom. The lowest BCUT2D eigenvalue weighted by atomic mass is 10.0. The topological polar surface area (TPSA) is 97.1 Å². The summed E-state index contributed by atoms with van der Waals surface area (Å²) in [5.74, 6) is -0.241. The molecule has 0 unspecified atom stereocenters. The minimum absolute atomic E-state index is 0.0130. The molecule has 0 spiro atoms. The van der Waals surface area contributed by atoms with Crippen LogP contribution in [0.1, 0.15) is 30.9 Å². The Bertz CT molecular complexity index is 789. The zero-order valence-corrected chi connectivity index (χ0v) is 15.3. The van der Waals surface area contributed by atoms with Gasteiger partial charge in [0.25, 0.3) is 0 Å². The van der Waals surface area contributed by atoms with Gasteiger partial charge in [-0.3, -0.25) is 0 Å². The van der Waals surface area contributed by atoms with Crippen molar-refractivity contribution in [3.8, 4) is 11.8 Å². The van der Waals surface area contributed by atoms with Crippen LogP contribution in [0.5, 0.6) is 5.75 Å². The number of allylic oxidation sites excluding steroid dienone is 2. The van der Waals surface area contributed by atoms with Crippen molar-refractivity contribution < 1.29 is 17.9 Å². The van der Waals surface area contributed by atoms with E-state index in [1.54, 1.807) is 13.1 Å². The van der Waals surface area contributed by atoms with E-state index in [-0.39, 0.29) is 40.6 Å². The third-order valence-electron chi connectivity index (χ3n) is 3.69. The lowest BCUT2D eigenvalue weighted by molar-refractivity contribution is -0.139. The van der Waals surface area contributed by atoms with Gasteiger partial charge in [0.15, 0.2) is 0 Å². The van der Waals surface area contributed by atoms with Crippen molar-refractivity contribution in [2.45, 2.75) is 25.9 Å². The maximum atomic E-state index is 13.4. The Morgan fingerprint density at radius 3 is 2.56 bits per heavy atom. The second kappa shape index (κ2) is 9.57. The number of nitrogens with two attached hydrogens (primary N) is 2. The minimum Gasteiger partial charge on any atom is -0.493 e. The molecule has 0 atom stereocenters. The average Bonchev–Trinajstić information content (AvgIpc) is 2.64. The number of nitrogens with one attached hydrogen (secondary N) is 1. The number of alkyl halides is 3. The first-order valence-electron chi connectivity index (χ1n) is 8.24. The monoisotopic (exact) mass is 380 g/mol. The van der Waals surface area contributed by atoms with Crippen LogP contribution in [-0.2, 0) is 6.18 Å². The minimum atomic E-state index is -4.59. The molecule has 0 radical (unpaired) electrons. The molecular formula is C19H23F3N4O. The van der Waals surface area contributed by atoms with Gasteiger partial charge in [0.05, 0.1) is 29.1 Å². The number of benzene rings is 1. The van der Waals surface area contributed by atoms with E-state index >= 15 is 0 Å². The molecule has 5 nitrogen and oxygen atoms in total. The summed E-state index contributed by atoms with van der Waals surface area (Å²) in [5.41, 5.74) is 11.4. The van der Waals surface area contributed by atoms with Crippen molar-refractivity contribution in [2.75, 3.05) is 13.7 Å². The van der Waals surface area contributed by atoms with Crippen molar-refractivity contribution in [3.05, 3.63) is 58.9 Å². The predicted octanol–water partition coefficient (Wildman–Crippen LogP) is 3.65. The summed E-state index contributed by atoms with van der Waals surface area (Å²) in [7, 11) is 1.54. The molecule has 0 saturated heterocycles. The van der Waals surface area contributed by atoms with Gasteiger partial charge in [0, 0.05) is 12.7 Å². The van der Waals surface area contributed by atoms with Gasteiger partial charge in [0.2, 0.25) is 0 Å². The van der Waals surface area contributed by atoms with Crippen molar-refractivity contribution in [1.29, 1.82) is 5.26 Å². The fourth-order valence-corrected chi connectivity index (χ4v) is 2.13. The number of likely N-dealkylation sites (N-methyl/N-ethyl adjacent to an activating group) is 1. The molecule has 0 amide bonds. The number of halogens is 3. The highest BCUT2D eigenvalue weighted by atomic mass is 19.4. The molecule has 0 aromatic heterocycles. The summed E-state index contributed by atoms with van der Waals surface area (Å²) in [4.78, 5) is 0. The van der Waals surface area contributed by atoms with Crippen molar-refractivity contribution >= 4 is 5.70 Å². The average molecular weight is 380 g/mol. The molecule has 0 fully saturated rings. The van der Waals surface area contributed by atoms with Gasteiger partial charge in [-0.25, -0.2) is 0 Å². The lowest BCUT2D eigenvalue weighted by Gasteiger charge is -2.16. The first kappa shape index (κ1) is 22.0. The third kappa shape index (κ3) is 5.99. The number of hydrogen-bond donors (Lipinski definition) is 3. The predicted molar refractivity (Wildman–Crippen MR) is 99.0 cm³/mol. The molecule has 1 aromatic carbocycles. The number of unbranched alkanes of at least 4 members (excludes halogenated alkanes) is 1. The van der Waals surface area contributed by atoms with E-state index in [1.807, 2.05) is 6.92 Å². The van der Waals surface area contributed by atoms with E-state index in [4.69, 9.17) is 21.5 Å². The maximum absolute atomic E-state index is 13.4. The molecular weight excluding hydrogens is 357 g/mol. The van der Waals surface area contributed by atoms with Gasteiger partial charge in [0.1, 0.15) is 11.8 Å². The Kier molecular flexibility index (Phi) is 7.79. The van der Waals surface area contributed by atoms with Crippen LogP contribution in [0, 0.1) is 11.3 Å². The van der Waals surface area contributed by atoms with Crippen molar-refractivity contribution in [1.82, 2.24) is 5.32 Å². The smallest absolute Gasteiger partial charge is 0.419 e. The number of hydrogen-bond acceptors (Lipinski definition) is 5. The van der Waals surface area contributed by atoms with Crippen LogP contribution in [0.2, 0.25) is 0 Å².